The molecule has 37 heavy (non-hydrogen) atoms. The maximum Gasteiger partial charge on any atom is 0.266 e. The molecule has 1 unspecified atom stereocenters. The number of allylic oxidation sites excluding steroid dienone is 2. The summed E-state index contributed by atoms with van der Waals surface area (Å²) in [5.74, 6) is -0.198. The van der Waals surface area contributed by atoms with E-state index >= 15 is 0 Å². The Balaban J connectivity index is 1.39. The molecule has 3 N–H and O–H groups in total. The van der Waals surface area contributed by atoms with E-state index in [4.69, 9.17) is 0 Å². The topological polar surface area (TPSA) is 59.6 Å². The van der Waals surface area contributed by atoms with Crippen LogP contribution in [0.3, 0.4) is 0 Å². The molecule has 1 atom stereocenters. The molecule has 0 spiro atoms. The van der Waals surface area contributed by atoms with E-state index < -0.39 is 0 Å². The fourth-order valence-electron chi connectivity index (χ4n) is 5.29. The normalized spacial score (nSPS) is 20.0. The van der Waals surface area contributed by atoms with Crippen molar-refractivity contribution in [1.82, 2.24) is 21.0 Å². The lowest BCUT2D eigenvalue weighted by Crippen LogP contribution is -2.52. The van der Waals surface area contributed by atoms with Crippen LogP contribution in [0.5, 0.6) is 0 Å². The predicted molar refractivity (Wildman–Crippen MR) is 152 cm³/mol. The van der Waals surface area contributed by atoms with Crippen LogP contribution in [0.15, 0.2) is 101 Å². The molecule has 1 amide bonds. The lowest BCUT2D eigenvalue weighted by atomic mass is 9.73. The summed E-state index contributed by atoms with van der Waals surface area (Å²) in [6, 6.07) is 21.5. The summed E-state index contributed by atoms with van der Waals surface area (Å²) in [4.78, 5) is 15.4. The summed E-state index contributed by atoms with van der Waals surface area (Å²) in [6.45, 7) is 5.56. The van der Waals surface area contributed by atoms with Gasteiger partial charge in [-0.25, -0.2) is 5.12 Å². The fourth-order valence-corrected chi connectivity index (χ4v) is 6.05. The smallest absolute Gasteiger partial charge is 0.266 e. The van der Waals surface area contributed by atoms with Gasteiger partial charge >= 0.3 is 0 Å². The van der Waals surface area contributed by atoms with Crippen molar-refractivity contribution in [3.63, 3.8) is 0 Å². The molecule has 1 fully saturated rings. The van der Waals surface area contributed by atoms with Gasteiger partial charge in [0.05, 0.1) is 11.4 Å². The largest absolute Gasteiger partial charge is 0.302 e. The van der Waals surface area contributed by atoms with Gasteiger partial charge in [0, 0.05) is 17.5 Å². The molecule has 1 aliphatic heterocycles. The number of nitrogens with zero attached hydrogens (tertiary/aromatic N) is 2. The minimum atomic E-state index is -0.198. The number of amides is 1. The summed E-state index contributed by atoms with van der Waals surface area (Å²) in [5, 5.41) is 6.28. The van der Waals surface area contributed by atoms with Crippen LogP contribution in [0.2, 0.25) is 0 Å². The highest BCUT2D eigenvalue weighted by Gasteiger charge is 2.36. The van der Waals surface area contributed by atoms with Gasteiger partial charge < -0.3 is 4.90 Å². The Morgan fingerprint density at radius 1 is 1.00 bits per heavy atom. The molecule has 2 heterocycles. The molecule has 0 radical (unpaired) electrons. The SMILES string of the molecule is CC1=C(N(NNC(=O)c2ccccc2)Nc2ccccc2)C=CC(CN2CCCCC2)(c2ccsc2)C1. The zero-order chi connectivity index (χ0) is 25.5. The van der Waals surface area contributed by atoms with Crippen molar-refractivity contribution in [2.24, 2.45) is 0 Å². The number of likely N-dealkylation sites (tertiary alicyclic amines) is 1. The first-order chi connectivity index (χ1) is 18.1. The summed E-state index contributed by atoms with van der Waals surface area (Å²) in [5.41, 5.74) is 14.5. The summed E-state index contributed by atoms with van der Waals surface area (Å²) >= 11 is 1.76. The van der Waals surface area contributed by atoms with Crippen LogP contribution < -0.4 is 16.4 Å². The van der Waals surface area contributed by atoms with E-state index in [-0.39, 0.29) is 11.3 Å². The Morgan fingerprint density at radius 3 is 2.41 bits per heavy atom. The molecule has 3 aromatic rings. The van der Waals surface area contributed by atoms with Crippen LogP contribution in [0.25, 0.3) is 0 Å². The Morgan fingerprint density at radius 2 is 1.73 bits per heavy atom. The Labute approximate surface area is 223 Å². The first-order valence-electron chi connectivity index (χ1n) is 13.0. The third kappa shape index (κ3) is 6.13. The molecule has 6 nitrogen and oxygen atoms in total. The summed E-state index contributed by atoms with van der Waals surface area (Å²) < 4.78 is 0. The number of hydrazine groups is 3. The quantitative estimate of drug-likeness (QED) is 0.312. The van der Waals surface area contributed by atoms with Crippen LogP contribution in [-0.2, 0) is 5.41 Å². The molecular formula is C30H35N5OS. The molecule has 2 aliphatic rings. The molecule has 1 aliphatic carbocycles. The molecule has 0 bridgehead atoms. The highest BCUT2D eigenvalue weighted by molar-refractivity contribution is 7.08. The molecule has 2 aromatic carbocycles. The minimum Gasteiger partial charge on any atom is -0.302 e. The molecular weight excluding hydrogens is 478 g/mol. The van der Waals surface area contributed by atoms with E-state index in [2.05, 4.69) is 57.2 Å². The average molecular weight is 514 g/mol. The van der Waals surface area contributed by atoms with Gasteiger partial charge in [-0.05, 0) is 97.6 Å². The lowest BCUT2D eigenvalue weighted by Gasteiger charge is -2.41. The van der Waals surface area contributed by atoms with Crippen molar-refractivity contribution in [2.45, 2.75) is 38.0 Å². The van der Waals surface area contributed by atoms with E-state index in [0.29, 0.717) is 5.56 Å². The number of thiophene rings is 1. The molecule has 7 heteroatoms. The van der Waals surface area contributed by atoms with Crippen molar-refractivity contribution < 1.29 is 4.79 Å². The molecule has 1 saturated heterocycles. The maximum absolute atomic E-state index is 12.8. The molecule has 1 aromatic heterocycles. The molecule has 192 valence electrons. The first-order valence-corrected chi connectivity index (χ1v) is 13.9. The van der Waals surface area contributed by atoms with Crippen LogP contribution in [0, 0.1) is 0 Å². The number of benzene rings is 2. The Hall–Kier alpha value is -3.39. The number of nitrogens with one attached hydrogen (secondary N) is 3. The summed E-state index contributed by atoms with van der Waals surface area (Å²) in [6.07, 6.45) is 9.37. The van der Waals surface area contributed by atoms with Crippen molar-refractivity contribution >= 4 is 22.9 Å². The number of hydrogen-bond acceptors (Lipinski definition) is 6. The second kappa shape index (κ2) is 11.8. The van der Waals surface area contributed by atoms with E-state index in [0.717, 1.165) is 24.4 Å². The third-order valence-electron chi connectivity index (χ3n) is 7.20. The first kappa shape index (κ1) is 25.3. The van der Waals surface area contributed by atoms with Gasteiger partial charge in [-0.3, -0.25) is 15.6 Å². The zero-order valence-corrected chi connectivity index (χ0v) is 22.1. The summed E-state index contributed by atoms with van der Waals surface area (Å²) in [7, 11) is 0. The number of hydrogen-bond donors (Lipinski definition) is 3. The van der Waals surface area contributed by atoms with Crippen molar-refractivity contribution in [2.75, 3.05) is 25.1 Å². The number of carbonyl (C=O) groups is 1. The number of piperidine rings is 1. The third-order valence-corrected chi connectivity index (χ3v) is 7.88. The molecule has 0 saturated carbocycles. The van der Waals surface area contributed by atoms with Crippen molar-refractivity contribution in [3.05, 3.63) is 112 Å². The number of anilines is 1. The standard InChI is InChI=1S/C30H35N5OS/c1-24-21-30(26-16-20-37-22-26,23-34-18-9-4-10-19-34)17-15-28(24)35(32-27-13-7-3-8-14-27)33-31-29(36)25-11-5-2-6-12-25/h2-3,5-8,11-17,20,22,32-33H,4,9-10,18-19,21,23H2,1H3,(H,31,36). The van der Waals surface area contributed by atoms with Crippen molar-refractivity contribution in [3.8, 4) is 0 Å². The number of rotatable bonds is 9. The fraction of sp³-hybridized carbons (Fsp3) is 0.300. The van der Waals surface area contributed by atoms with Gasteiger partial charge in [-0.15, -0.1) is 5.53 Å². The van der Waals surface area contributed by atoms with Gasteiger partial charge in [0.25, 0.3) is 5.91 Å². The zero-order valence-electron chi connectivity index (χ0n) is 21.3. The average Bonchev–Trinajstić information content (AvgIpc) is 3.49. The van der Waals surface area contributed by atoms with Crippen molar-refractivity contribution in [1.29, 1.82) is 0 Å². The second-order valence-electron chi connectivity index (χ2n) is 9.93. The maximum atomic E-state index is 12.8. The Kier molecular flexibility index (Phi) is 8.04. The van der Waals surface area contributed by atoms with Crippen LogP contribution in [0.4, 0.5) is 5.69 Å². The van der Waals surface area contributed by atoms with Gasteiger partial charge in [0.2, 0.25) is 0 Å². The second-order valence-corrected chi connectivity index (χ2v) is 10.7. The minimum absolute atomic E-state index is 0.0589. The highest BCUT2D eigenvalue weighted by atomic mass is 32.1. The van der Waals surface area contributed by atoms with E-state index in [1.807, 2.05) is 48.5 Å². The Bertz CT molecular complexity index is 1220. The monoisotopic (exact) mass is 513 g/mol. The van der Waals surface area contributed by atoms with Crippen LogP contribution in [0.1, 0.15) is 48.5 Å². The predicted octanol–water partition coefficient (Wildman–Crippen LogP) is 5.88. The van der Waals surface area contributed by atoms with Crippen LogP contribution in [-0.4, -0.2) is 35.6 Å². The highest BCUT2D eigenvalue weighted by Crippen LogP contribution is 2.40. The van der Waals surface area contributed by atoms with E-state index in [1.54, 1.807) is 28.6 Å². The van der Waals surface area contributed by atoms with E-state index in [1.165, 1.54) is 43.5 Å². The van der Waals surface area contributed by atoms with Gasteiger partial charge in [0.15, 0.2) is 0 Å². The van der Waals surface area contributed by atoms with Gasteiger partial charge in [-0.1, -0.05) is 48.9 Å². The lowest BCUT2D eigenvalue weighted by molar-refractivity contribution is 0.0880. The number of carbonyl (C=O) groups excluding carboxylic acids is 1. The van der Waals surface area contributed by atoms with Gasteiger partial charge in [-0.2, -0.15) is 11.3 Å². The van der Waals surface area contributed by atoms with Crippen LogP contribution >= 0.6 is 11.3 Å². The number of para-hydroxylation sites is 1. The van der Waals surface area contributed by atoms with E-state index in [9.17, 15) is 4.79 Å². The molecule has 5 rings (SSSR count). The van der Waals surface area contributed by atoms with Gasteiger partial charge in [0.1, 0.15) is 0 Å².